The maximum atomic E-state index is 12.9. The van der Waals surface area contributed by atoms with E-state index in [4.69, 9.17) is 9.72 Å². The molecule has 0 unspecified atom stereocenters. The lowest BCUT2D eigenvalue weighted by atomic mass is 10.0. The van der Waals surface area contributed by atoms with E-state index in [2.05, 4.69) is 47.2 Å². The first-order valence-corrected chi connectivity index (χ1v) is 13.1. The standard InChI is InChI=1S/C24H30N4O2S2/c1-16(2)28-10-7-17-20(15-28)32-24(26-21(29)8-9-27-11-13-30-14-12-27)22(17)23-25-18-5-3-4-6-19(18)31-23/h3-6,16H,7-15H2,1-2H3,(H,26,29). The number of nitrogens with zero attached hydrogens (tertiary/aromatic N) is 3. The molecule has 2 aromatic heterocycles. The zero-order valence-corrected chi connectivity index (χ0v) is 20.4. The number of benzene rings is 1. The average Bonchev–Trinajstić information content (AvgIpc) is 3.38. The predicted octanol–water partition coefficient (Wildman–Crippen LogP) is 4.45. The number of rotatable bonds is 6. The lowest BCUT2D eigenvalue weighted by Crippen LogP contribution is -2.38. The van der Waals surface area contributed by atoms with Gasteiger partial charge < -0.3 is 10.1 Å². The number of hydrogen-bond acceptors (Lipinski definition) is 7. The Hall–Kier alpha value is -1.84. The summed E-state index contributed by atoms with van der Waals surface area (Å²) in [4.78, 5) is 24.0. The van der Waals surface area contributed by atoms with Crippen LogP contribution in [0, 0.1) is 0 Å². The lowest BCUT2D eigenvalue weighted by molar-refractivity contribution is -0.116. The Morgan fingerprint density at radius 3 is 2.78 bits per heavy atom. The number of nitrogens with one attached hydrogen (secondary N) is 1. The minimum atomic E-state index is 0.0816. The molecule has 2 aliphatic heterocycles. The smallest absolute Gasteiger partial charge is 0.226 e. The monoisotopic (exact) mass is 470 g/mol. The topological polar surface area (TPSA) is 57.7 Å². The minimum Gasteiger partial charge on any atom is -0.379 e. The summed E-state index contributed by atoms with van der Waals surface area (Å²) in [6, 6.07) is 8.79. The van der Waals surface area contributed by atoms with Gasteiger partial charge in [0.15, 0.2) is 0 Å². The highest BCUT2D eigenvalue weighted by Gasteiger charge is 2.28. The summed E-state index contributed by atoms with van der Waals surface area (Å²) >= 11 is 3.46. The van der Waals surface area contributed by atoms with Gasteiger partial charge in [-0.15, -0.1) is 22.7 Å². The molecule has 1 aromatic carbocycles. The minimum absolute atomic E-state index is 0.0816. The van der Waals surface area contributed by atoms with Crippen LogP contribution < -0.4 is 5.32 Å². The Kier molecular flexibility index (Phi) is 6.57. The van der Waals surface area contributed by atoms with Crippen molar-refractivity contribution in [3.8, 4) is 10.6 Å². The third kappa shape index (κ3) is 4.61. The van der Waals surface area contributed by atoms with Crippen LogP contribution in [0.1, 0.15) is 30.7 Å². The van der Waals surface area contributed by atoms with E-state index >= 15 is 0 Å². The van der Waals surface area contributed by atoms with Gasteiger partial charge in [0.1, 0.15) is 10.0 Å². The molecule has 8 heteroatoms. The van der Waals surface area contributed by atoms with E-state index in [0.29, 0.717) is 12.5 Å². The fourth-order valence-corrected chi connectivity index (χ4v) is 6.83. The molecule has 6 nitrogen and oxygen atoms in total. The third-order valence-electron chi connectivity index (χ3n) is 6.34. The van der Waals surface area contributed by atoms with Crippen LogP contribution in [0.3, 0.4) is 0 Å². The molecule has 5 rings (SSSR count). The summed E-state index contributed by atoms with van der Waals surface area (Å²) in [7, 11) is 0. The number of ether oxygens (including phenoxy) is 1. The van der Waals surface area contributed by atoms with E-state index in [0.717, 1.165) is 73.4 Å². The number of fused-ring (bicyclic) bond motifs is 2. The first-order valence-electron chi connectivity index (χ1n) is 11.4. The van der Waals surface area contributed by atoms with Crippen molar-refractivity contribution in [3.63, 3.8) is 0 Å². The van der Waals surface area contributed by atoms with Gasteiger partial charge in [0.25, 0.3) is 0 Å². The van der Waals surface area contributed by atoms with Gasteiger partial charge in [-0.25, -0.2) is 4.98 Å². The molecule has 0 aliphatic carbocycles. The Labute approximate surface area is 197 Å². The fraction of sp³-hybridized carbons (Fsp3) is 0.500. The maximum Gasteiger partial charge on any atom is 0.226 e. The number of carbonyl (C=O) groups excluding carboxylic acids is 1. The van der Waals surface area contributed by atoms with Crippen molar-refractivity contribution in [1.82, 2.24) is 14.8 Å². The van der Waals surface area contributed by atoms with E-state index < -0.39 is 0 Å². The molecule has 1 amide bonds. The molecule has 0 spiro atoms. The van der Waals surface area contributed by atoms with Crippen LogP contribution in [0.15, 0.2) is 24.3 Å². The summed E-state index contributed by atoms with van der Waals surface area (Å²) in [6.45, 7) is 10.6. The van der Waals surface area contributed by atoms with Crippen LogP contribution in [0.25, 0.3) is 20.8 Å². The summed E-state index contributed by atoms with van der Waals surface area (Å²) in [5.74, 6) is 0.0816. The van der Waals surface area contributed by atoms with Crippen LogP contribution in [0.2, 0.25) is 0 Å². The van der Waals surface area contributed by atoms with E-state index in [1.807, 2.05) is 6.07 Å². The number of morpholine rings is 1. The SMILES string of the molecule is CC(C)N1CCc2c(sc(NC(=O)CCN3CCOCC3)c2-c2nc3ccccc3s2)C1. The molecule has 0 atom stereocenters. The van der Waals surface area contributed by atoms with Gasteiger partial charge in [-0.2, -0.15) is 0 Å². The number of thiophene rings is 1. The summed E-state index contributed by atoms with van der Waals surface area (Å²) < 4.78 is 6.60. The van der Waals surface area contributed by atoms with Gasteiger partial charge in [-0.05, 0) is 38.0 Å². The molecule has 0 radical (unpaired) electrons. The summed E-state index contributed by atoms with van der Waals surface area (Å²) in [5.41, 5.74) is 3.54. The molecule has 1 N–H and O–H groups in total. The first-order chi connectivity index (χ1) is 15.6. The van der Waals surface area contributed by atoms with Crippen molar-refractivity contribution in [3.05, 3.63) is 34.7 Å². The van der Waals surface area contributed by atoms with Crippen molar-refractivity contribution in [2.75, 3.05) is 44.7 Å². The molecule has 0 bridgehead atoms. The third-order valence-corrected chi connectivity index (χ3v) is 8.52. The Balaban J connectivity index is 1.42. The van der Waals surface area contributed by atoms with Crippen molar-refractivity contribution in [2.45, 2.75) is 39.3 Å². The molecule has 2 aliphatic rings. The molecule has 1 fully saturated rings. The molecular formula is C24H30N4O2S2. The highest BCUT2D eigenvalue weighted by molar-refractivity contribution is 7.22. The molecule has 3 aromatic rings. The van der Waals surface area contributed by atoms with E-state index in [9.17, 15) is 4.79 Å². The average molecular weight is 471 g/mol. The Morgan fingerprint density at radius 2 is 2.00 bits per heavy atom. The van der Waals surface area contributed by atoms with E-state index in [-0.39, 0.29) is 5.91 Å². The highest BCUT2D eigenvalue weighted by atomic mass is 32.1. The number of amides is 1. The van der Waals surface area contributed by atoms with Crippen LogP contribution >= 0.6 is 22.7 Å². The van der Waals surface area contributed by atoms with Gasteiger partial charge in [0, 0.05) is 55.6 Å². The normalized spacial score (nSPS) is 17.7. The quantitative estimate of drug-likeness (QED) is 0.577. The number of hydrogen-bond donors (Lipinski definition) is 1. The van der Waals surface area contributed by atoms with Crippen molar-refractivity contribution in [2.24, 2.45) is 0 Å². The second-order valence-electron chi connectivity index (χ2n) is 8.76. The fourth-order valence-electron chi connectivity index (χ4n) is 4.43. The van der Waals surface area contributed by atoms with Crippen LogP contribution in [-0.4, -0.2) is 66.1 Å². The number of carbonyl (C=O) groups is 1. The number of aromatic nitrogens is 1. The van der Waals surface area contributed by atoms with Crippen LogP contribution in [-0.2, 0) is 22.5 Å². The number of thiazole rings is 1. The molecule has 4 heterocycles. The molecule has 32 heavy (non-hydrogen) atoms. The molecule has 170 valence electrons. The van der Waals surface area contributed by atoms with Crippen molar-refractivity contribution >= 4 is 43.8 Å². The van der Waals surface area contributed by atoms with Gasteiger partial charge in [0.05, 0.1) is 23.4 Å². The van der Waals surface area contributed by atoms with Gasteiger partial charge in [-0.3, -0.25) is 14.6 Å². The second kappa shape index (κ2) is 9.57. The van der Waals surface area contributed by atoms with Crippen molar-refractivity contribution < 1.29 is 9.53 Å². The second-order valence-corrected chi connectivity index (χ2v) is 10.9. The van der Waals surface area contributed by atoms with E-state index in [1.54, 1.807) is 22.7 Å². The molecule has 1 saturated heterocycles. The summed E-state index contributed by atoms with van der Waals surface area (Å²) in [6.07, 6.45) is 1.50. The first kappa shape index (κ1) is 22.0. The highest BCUT2D eigenvalue weighted by Crippen LogP contribution is 2.45. The van der Waals surface area contributed by atoms with Gasteiger partial charge in [-0.1, -0.05) is 12.1 Å². The van der Waals surface area contributed by atoms with Crippen LogP contribution in [0.4, 0.5) is 5.00 Å². The molecule has 0 saturated carbocycles. The van der Waals surface area contributed by atoms with Gasteiger partial charge >= 0.3 is 0 Å². The number of anilines is 1. The largest absolute Gasteiger partial charge is 0.379 e. The zero-order chi connectivity index (χ0) is 22.1. The Bertz CT molecular complexity index is 1070. The van der Waals surface area contributed by atoms with E-state index in [1.165, 1.54) is 15.1 Å². The maximum absolute atomic E-state index is 12.9. The molecular weight excluding hydrogens is 440 g/mol. The Morgan fingerprint density at radius 1 is 1.19 bits per heavy atom. The predicted molar refractivity (Wildman–Crippen MR) is 133 cm³/mol. The lowest BCUT2D eigenvalue weighted by Gasteiger charge is -2.30. The van der Waals surface area contributed by atoms with Crippen LogP contribution in [0.5, 0.6) is 0 Å². The summed E-state index contributed by atoms with van der Waals surface area (Å²) in [5, 5.41) is 5.25. The zero-order valence-electron chi connectivity index (χ0n) is 18.7. The van der Waals surface area contributed by atoms with Gasteiger partial charge in [0.2, 0.25) is 5.91 Å². The number of para-hydroxylation sites is 1. The van der Waals surface area contributed by atoms with Crippen molar-refractivity contribution in [1.29, 1.82) is 0 Å².